The van der Waals surface area contributed by atoms with E-state index < -0.39 is 48.6 Å². The molecule has 2 unspecified atom stereocenters. The lowest BCUT2D eigenvalue weighted by atomic mass is 9.84. The van der Waals surface area contributed by atoms with Crippen LogP contribution in [0.1, 0.15) is 75.6 Å². The summed E-state index contributed by atoms with van der Waals surface area (Å²) in [5.41, 5.74) is 0.463. The molecule has 244 valence electrons. The summed E-state index contributed by atoms with van der Waals surface area (Å²) in [7, 11) is 1.19. The van der Waals surface area contributed by atoms with Gasteiger partial charge in [0.2, 0.25) is 11.8 Å². The van der Waals surface area contributed by atoms with Crippen LogP contribution >= 0.6 is 0 Å². The number of aliphatic hydroxyl groups excluding tert-OH is 1. The highest BCUT2D eigenvalue weighted by atomic mass is 16.5. The number of fused-ring (bicyclic) bond motifs is 1. The number of carbonyl (C=O) groups is 5. The van der Waals surface area contributed by atoms with Crippen molar-refractivity contribution >= 4 is 40.4 Å². The number of nitrogens with zero attached hydrogens (tertiary/aromatic N) is 1. The third-order valence-electron chi connectivity index (χ3n) is 9.02. The topological polar surface area (TPSA) is 154 Å². The largest absolute Gasteiger partial charge is 0.468 e. The molecule has 11 nitrogen and oxygen atoms in total. The smallest absolute Gasteiger partial charge is 0.325 e. The number of likely N-dealkylation sites (tertiary alicyclic amines) is 1. The molecule has 1 aliphatic heterocycles. The average Bonchev–Trinajstić information content (AvgIpc) is 3.55. The van der Waals surface area contributed by atoms with Crippen LogP contribution in [0.15, 0.2) is 42.5 Å². The lowest BCUT2D eigenvalue weighted by Crippen LogP contribution is -2.58. The number of hydrogen-bond acceptors (Lipinski definition) is 7. The summed E-state index contributed by atoms with van der Waals surface area (Å²) >= 11 is 0. The molecular formula is C34H46N4O7. The average molecular weight is 623 g/mol. The standard InChI is InChI=1S/C34H46N4O7/c1-21(2)29(30(40)33(43)35-20-28(39)45-3)37-32(42)27-14-9-17-38(27)34(44)26(18-22-10-5-4-6-11-22)36-31(41)25-16-15-23-12-7-8-13-24(23)19-25/h7-8,12-13,15-16,19,21-22,26-27,29-30,40H,4-6,9-11,14,17-18,20H2,1-3H3,(H,35,43)(H,36,41)(H,37,42)/t26-,27+,29?,30?/m1/s1. The Kier molecular flexibility index (Phi) is 11.9. The monoisotopic (exact) mass is 622 g/mol. The van der Waals surface area contributed by atoms with Gasteiger partial charge in [-0.1, -0.05) is 76.3 Å². The van der Waals surface area contributed by atoms with Gasteiger partial charge >= 0.3 is 5.97 Å². The molecule has 4 N–H and O–H groups in total. The third-order valence-corrected chi connectivity index (χ3v) is 9.02. The van der Waals surface area contributed by atoms with Gasteiger partial charge < -0.3 is 30.7 Å². The van der Waals surface area contributed by atoms with Gasteiger partial charge in [-0.3, -0.25) is 24.0 Å². The number of rotatable bonds is 12. The third kappa shape index (κ3) is 8.81. The Morgan fingerprint density at radius 3 is 2.33 bits per heavy atom. The lowest BCUT2D eigenvalue weighted by Gasteiger charge is -2.33. The van der Waals surface area contributed by atoms with Crippen LogP contribution in [-0.2, 0) is 23.9 Å². The number of benzene rings is 2. The zero-order valence-corrected chi connectivity index (χ0v) is 26.4. The molecule has 4 rings (SSSR count). The number of aliphatic hydroxyl groups is 1. The first-order valence-corrected chi connectivity index (χ1v) is 16.0. The summed E-state index contributed by atoms with van der Waals surface area (Å²) in [5, 5.41) is 20.8. The number of carbonyl (C=O) groups excluding carboxylic acids is 5. The Hall–Kier alpha value is -3.99. The number of methoxy groups -OCH3 is 1. The van der Waals surface area contributed by atoms with E-state index in [-0.39, 0.29) is 17.7 Å². The van der Waals surface area contributed by atoms with Gasteiger partial charge in [-0.15, -0.1) is 0 Å². The fourth-order valence-electron chi connectivity index (χ4n) is 6.42. The summed E-state index contributed by atoms with van der Waals surface area (Å²) in [4.78, 5) is 66.7. The van der Waals surface area contributed by atoms with E-state index >= 15 is 0 Å². The van der Waals surface area contributed by atoms with E-state index in [0.29, 0.717) is 37.3 Å². The molecule has 11 heteroatoms. The summed E-state index contributed by atoms with van der Waals surface area (Å²) in [6, 6.07) is 10.7. The molecule has 2 aliphatic rings. The maximum atomic E-state index is 14.1. The lowest BCUT2D eigenvalue weighted by molar-refractivity contribution is -0.144. The van der Waals surface area contributed by atoms with E-state index in [1.807, 2.05) is 36.4 Å². The van der Waals surface area contributed by atoms with Crippen molar-refractivity contribution in [2.45, 2.75) is 89.4 Å². The fourth-order valence-corrected chi connectivity index (χ4v) is 6.42. The minimum Gasteiger partial charge on any atom is -0.468 e. The Bertz CT molecular complexity index is 1370. The van der Waals surface area contributed by atoms with E-state index in [1.54, 1.807) is 19.9 Å². The highest BCUT2D eigenvalue weighted by molar-refractivity contribution is 6.01. The molecule has 0 aromatic heterocycles. The maximum absolute atomic E-state index is 14.1. The van der Waals surface area contributed by atoms with Crippen molar-refractivity contribution in [3.05, 3.63) is 48.0 Å². The summed E-state index contributed by atoms with van der Waals surface area (Å²) < 4.78 is 4.52. The van der Waals surface area contributed by atoms with Gasteiger partial charge in [0.1, 0.15) is 18.6 Å². The first-order chi connectivity index (χ1) is 21.6. The molecule has 0 spiro atoms. The van der Waals surface area contributed by atoms with E-state index in [2.05, 4.69) is 20.7 Å². The molecule has 1 aliphatic carbocycles. The van der Waals surface area contributed by atoms with Gasteiger partial charge in [-0.25, -0.2) is 0 Å². The molecule has 0 bridgehead atoms. The molecule has 0 radical (unpaired) electrons. The minimum absolute atomic E-state index is 0.295. The number of amides is 4. The fraction of sp³-hybridized carbons (Fsp3) is 0.559. The summed E-state index contributed by atoms with van der Waals surface area (Å²) in [5.74, 6) is -2.64. The van der Waals surface area contributed by atoms with E-state index in [0.717, 1.165) is 42.9 Å². The summed E-state index contributed by atoms with van der Waals surface area (Å²) in [6.07, 6.45) is 5.22. The van der Waals surface area contributed by atoms with Crippen molar-refractivity contribution in [2.24, 2.45) is 11.8 Å². The predicted octanol–water partition coefficient (Wildman–Crippen LogP) is 2.69. The maximum Gasteiger partial charge on any atom is 0.325 e. The molecule has 1 saturated heterocycles. The van der Waals surface area contributed by atoms with Crippen LogP contribution in [-0.4, -0.2) is 84.0 Å². The molecule has 4 amide bonds. The molecular weight excluding hydrogens is 576 g/mol. The van der Waals surface area contributed by atoms with Crippen molar-refractivity contribution in [3.8, 4) is 0 Å². The number of ether oxygens (including phenoxy) is 1. The molecule has 2 aromatic carbocycles. The number of hydrogen-bond donors (Lipinski definition) is 4. The Morgan fingerprint density at radius 2 is 1.64 bits per heavy atom. The first kappa shape index (κ1) is 33.9. The Balaban J connectivity index is 1.48. The highest BCUT2D eigenvalue weighted by Gasteiger charge is 2.40. The van der Waals surface area contributed by atoms with E-state index in [4.69, 9.17) is 0 Å². The van der Waals surface area contributed by atoms with Crippen molar-refractivity contribution in [2.75, 3.05) is 20.2 Å². The number of nitrogens with one attached hydrogen (secondary N) is 3. The van der Waals surface area contributed by atoms with Gasteiger partial charge in [0.25, 0.3) is 11.8 Å². The van der Waals surface area contributed by atoms with Gasteiger partial charge in [0.15, 0.2) is 6.10 Å². The second kappa shape index (κ2) is 15.8. The van der Waals surface area contributed by atoms with Crippen LogP contribution in [0.5, 0.6) is 0 Å². The minimum atomic E-state index is -1.62. The SMILES string of the molecule is COC(=O)CNC(=O)C(O)C(NC(=O)[C@@H]1CCCN1C(=O)[C@@H](CC1CCCCC1)NC(=O)c1ccc2ccccc2c1)C(C)C. The predicted molar refractivity (Wildman–Crippen MR) is 169 cm³/mol. The van der Waals surface area contributed by atoms with Crippen LogP contribution in [0.2, 0.25) is 0 Å². The van der Waals surface area contributed by atoms with Crippen LogP contribution in [0.4, 0.5) is 0 Å². The normalized spacial score (nSPS) is 19.0. The molecule has 4 atom stereocenters. The molecule has 1 saturated carbocycles. The second-order valence-corrected chi connectivity index (χ2v) is 12.5. The van der Waals surface area contributed by atoms with Gasteiger partial charge in [-0.2, -0.15) is 0 Å². The Labute approximate surface area is 264 Å². The zero-order valence-electron chi connectivity index (χ0n) is 26.4. The van der Waals surface area contributed by atoms with Crippen LogP contribution in [0.3, 0.4) is 0 Å². The van der Waals surface area contributed by atoms with E-state index in [9.17, 15) is 29.1 Å². The van der Waals surface area contributed by atoms with Crippen molar-refractivity contribution in [3.63, 3.8) is 0 Å². The molecule has 2 fully saturated rings. The first-order valence-electron chi connectivity index (χ1n) is 16.0. The van der Waals surface area contributed by atoms with Crippen molar-refractivity contribution in [1.29, 1.82) is 0 Å². The second-order valence-electron chi connectivity index (χ2n) is 12.5. The molecule has 1 heterocycles. The Morgan fingerprint density at radius 1 is 0.933 bits per heavy atom. The van der Waals surface area contributed by atoms with Crippen molar-refractivity contribution < 1.29 is 33.8 Å². The van der Waals surface area contributed by atoms with Gasteiger partial charge in [0, 0.05) is 12.1 Å². The van der Waals surface area contributed by atoms with Crippen LogP contribution in [0.25, 0.3) is 10.8 Å². The highest BCUT2D eigenvalue weighted by Crippen LogP contribution is 2.29. The summed E-state index contributed by atoms with van der Waals surface area (Å²) in [6.45, 7) is 3.45. The van der Waals surface area contributed by atoms with Gasteiger partial charge in [-0.05, 0) is 54.0 Å². The van der Waals surface area contributed by atoms with Crippen LogP contribution in [0, 0.1) is 11.8 Å². The molecule has 45 heavy (non-hydrogen) atoms. The van der Waals surface area contributed by atoms with Crippen LogP contribution < -0.4 is 16.0 Å². The van der Waals surface area contributed by atoms with E-state index in [1.165, 1.54) is 12.0 Å². The van der Waals surface area contributed by atoms with Crippen molar-refractivity contribution in [1.82, 2.24) is 20.9 Å². The quantitative estimate of drug-likeness (QED) is 0.266. The zero-order chi connectivity index (χ0) is 32.5. The number of esters is 1. The molecule has 2 aromatic rings. The van der Waals surface area contributed by atoms with Gasteiger partial charge in [0.05, 0.1) is 13.2 Å².